The van der Waals surface area contributed by atoms with Gasteiger partial charge in [0, 0.05) is 24.3 Å². The van der Waals surface area contributed by atoms with Gasteiger partial charge in [0.1, 0.15) is 0 Å². The number of anilines is 2. The van der Waals surface area contributed by atoms with E-state index >= 15 is 0 Å². The second-order valence-electron chi connectivity index (χ2n) is 6.42. The Hall–Kier alpha value is -2.64. The van der Waals surface area contributed by atoms with Crippen molar-refractivity contribution in [3.8, 4) is 0 Å². The molecule has 8 heteroatoms. The predicted molar refractivity (Wildman–Crippen MR) is 97.3 cm³/mol. The van der Waals surface area contributed by atoms with E-state index in [1.54, 1.807) is 28.0 Å². The zero-order chi connectivity index (χ0) is 18.3. The molecule has 0 atom stereocenters. The number of hydrogen-bond acceptors (Lipinski definition) is 5. The first-order valence-corrected chi connectivity index (χ1v) is 8.65. The molecule has 0 bridgehead atoms. The summed E-state index contributed by atoms with van der Waals surface area (Å²) in [6.07, 6.45) is 1.03. The summed E-state index contributed by atoms with van der Waals surface area (Å²) in [6, 6.07) is 8.95. The number of carbonyl (C=O) groups excluding carboxylic acids is 2. The average Bonchev–Trinajstić information content (AvgIpc) is 2.62. The number of nitrogens with one attached hydrogen (secondary N) is 1. The third-order valence-corrected chi connectivity index (χ3v) is 4.77. The topological polar surface area (TPSA) is 85.8 Å². The number of halogens is 1. The monoisotopic (exact) mass is 372 g/mol. The van der Waals surface area contributed by atoms with Crippen LogP contribution in [0.3, 0.4) is 0 Å². The molecule has 1 fully saturated rings. The van der Waals surface area contributed by atoms with Crippen molar-refractivity contribution in [2.75, 3.05) is 29.9 Å². The third-order valence-electron chi connectivity index (χ3n) is 4.52. The molecule has 0 spiro atoms. The van der Waals surface area contributed by atoms with E-state index in [4.69, 9.17) is 11.6 Å². The maximum atomic E-state index is 12.5. The summed E-state index contributed by atoms with van der Waals surface area (Å²) >= 11 is 5.92. The molecule has 0 unspecified atom stereocenters. The van der Waals surface area contributed by atoms with E-state index in [2.05, 4.69) is 10.3 Å². The number of aliphatic hydroxyl groups excluding tert-OH is 1. The van der Waals surface area contributed by atoms with Gasteiger partial charge in [0.15, 0.2) is 5.82 Å². The molecule has 0 radical (unpaired) electrons. The molecule has 26 heavy (non-hydrogen) atoms. The standard InChI is InChI=1S/C18H17ClN4O3/c19-13-3-1-11(2-4-13)8-23-15-5-12(18(26)22-9-14(24)10-22)6-20-17(15)21-7-16(23)25/h1-6,14,24H,7-10H2,(H,20,21). The van der Waals surface area contributed by atoms with Crippen molar-refractivity contribution in [1.29, 1.82) is 0 Å². The second-order valence-corrected chi connectivity index (χ2v) is 6.85. The van der Waals surface area contributed by atoms with Crippen LogP contribution in [0.1, 0.15) is 15.9 Å². The number of amides is 2. The van der Waals surface area contributed by atoms with Crippen molar-refractivity contribution >= 4 is 34.9 Å². The highest BCUT2D eigenvalue weighted by Crippen LogP contribution is 2.30. The van der Waals surface area contributed by atoms with E-state index in [1.807, 2.05) is 12.1 Å². The van der Waals surface area contributed by atoms with Crippen molar-refractivity contribution < 1.29 is 14.7 Å². The smallest absolute Gasteiger partial charge is 0.255 e. The molecule has 2 N–H and O–H groups in total. The van der Waals surface area contributed by atoms with Gasteiger partial charge in [-0.15, -0.1) is 0 Å². The predicted octanol–water partition coefficient (Wildman–Crippen LogP) is 1.51. The van der Waals surface area contributed by atoms with Crippen molar-refractivity contribution in [2.45, 2.75) is 12.6 Å². The van der Waals surface area contributed by atoms with E-state index in [-0.39, 0.29) is 18.4 Å². The molecule has 0 saturated carbocycles. The van der Waals surface area contributed by atoms with Crippen LogP contribution in [0.4, 0.5) is 11.5 Å². The molecule has 2 aromatic rings. The van der Waals surface area contributed by atoms with Crippen LogP contribution in [0.5, 0.6) is 0 Å². The zero-order valence-corrected chi connectivity index (χ0v) is 14.6. The van der Waals surface area contributed by atoms with Crippen molar-refractivity contribution in [3.05, 3.63) is 52.7 Å². The lowest BCUT2D eigenvalue weighted by Crippen LogP contribution is -2.53. The molecule has 1 aromatic heterocycles. The lowest BCUT2D eigenvalue weighted by atomic mass is 10.1. The van der Waals surface area contributed by atoms with Crippen LogP contribution in [0.2, 0.25) is 5.02 Å². The van der Waals surface area contributed by atoms with Gasteiger partial charge in [-0.25, -0.2) is 4.98 Å². The number of β-amino-alcohol motifs (C(OH)–C–C–N with tert-alkyl or cyclic N) is 1. The molecule has 2 aliphatic heterocycles. The highest BCUT2D eigenvalue weighted by molar-refractivity contribution is 6.30. The van der Waals surface area contributed by atoms with Gasteiger partial charge in [-0.3, -0.25) is 9.59 Å². The van der Waals surface area contributed by atoms with E-state index in [0.717, 1.165) is 5.56 Å². The molecular formula is C18H17ClN4O3. The molecular weight excluding hydrogens is 356 g/mol. The fourth-order valence-corrected chi connectivity index (χ4v) is 3.18. The highest BCUT2D eigenvalue weighted by atomic mass is 35.5. The first kappa shape index (κ1) is 16.8. The molecule has 7 nitrogen and oxygen atoms in total. The lowest BCUT2D eigenvalue weighted by molar-refractivity contribution is -0.117. The molecule has 2 amide bonds. The Kier molecular flexibility index (Phi) is 4.26. The van der Waals surface area contributed by atoms with Crippen LogP contribution >= 0.6 is 11.6 Å². The Balaban J connectivity index is 1.63. The number of pyridine rings is 1. The Morgan fingerprint density at radius 3 is 2.73 bits per heavy atom. The number of nitrogens with zero attached hydrogens (tertiary/aromatic N) is 3. The van der Waals surface area contributed by atoms with Crippen LogP contribution in [0, 0.1) is 0 Å². The van der Waals surface area contributed by atoms with Gasteiger partial charge in [0.05, 0.1) is 30.4 Å². The second kappa shape index (κ2) is 6.59. The number of aliphatic hydroxyl groups is 1. The van der Waals surface area contributed by atoms with E-state index in [1.165, 1.54) is 6.20 Å². The number of aromatic nitrogens is 1. The molecule has 1 saturated heterocycles. The lowest BCUT2D eigenvalue weighted by Gasteiger charge is -2.36. The summed E-state index contributed by atoms with van der Waals surface area (Å²) < 4.78 is 0. The van der Waals surface area contributed by atoms with Gasteiger partial charge in [0.2, 0.25) is 5.91 Å². The van der Waals surface area contributed by atoms with Crippen LogP contribution in [0.15, 0.2) is 36.5 Å². The van der Waals surface area contributed by atoms with Crippen molar-refractivity contribution in [3.63, 3.8) is 0 Å². The summed E-state index contributed by atoms with van der Waals surface area (Å²) in [5, 5.41) is 13.0. The number of likely N-dealkylation sites (tertiary alicyclic amines) is 1. The third kappa shape index (κ3) is 3.11. The maximum Gasteiger partial charge on any atom is 0.255 e. The summed E-state index contributed by atoms with van der Waals surface area (Å²) in [6.45, 7) is 1.16. The summed E-state index contributed by atoms with van der Waals surface area (Å²) in [7, 11) is 0. The van der Waals surface area contributed by atoms with Crippen LogP contribution < -0.4 is 10.2 Å². The first-order chi connectivity index (χ1) is 12.5. The Morgan fingerprint density at radius 1 is 1.31 bits per heavy atom. The molecule has 134 valence electrons. The average molecular weight is 373 g/mol. The Morgan fingerprint density at radius 2 is 2.04 bits per heavy atom. The fraction of sp³-hybridized carbons (Fsp3) is 0.278. The van der Waals surface area contributed by atoms with Gasteiger partial charge >= 0.3 is 0 Å². The Bertz CT molecular complexity index is 865. The number of fused-ring (bicyclic) bond motifs is 1. The van der Waals surface area contributed by atoms with Gasteiger partial charge in [-0.1, -0.05) is 23.7 Å². The molecule has 0 aliphatic carbocycles. The molecule has 1 aromatic carbocycles. The van der Waals surface area contributed by atoms with Crippen molar-refractivity contribution in [1.82, 2.24) is 9.88 Å². The van der Waals surface area contributed by atoms with E-state index in [9.17, 15) is 14.7 Å². The number of hydrogen-bond donors (Lipinski definition) is 2. The molecule has 4 rings (SSSR count). The van der Waals surface area contributed by atoms with Gasteiger partial charge in [0.25, 0.3) is 5.91 Å². The van der Waals surface area contributed by atoms with Crippen LogP contribution in [0.25, 0.3) is 0 Å². The van der Waals surface area contributed by atoms with Gasteiger partial charge in [-0.05, 0) is 23.8 Å². The molecule has 3 heterocycles. The number of benzene rings is 1. The normalized spacial score (nSPS) is 16.8. The van der Waals surface area contributed by atoms with Crippen LogP contribution in [-0.2, 0) is 11.3 Å². The van der Waals surface area contributed by atoms with E-state index < -0.39 is 6.10 Å². The number of rotatable bonds is 3. The minimum absolute atomic E-state index is 0.0989. The maximum absolute atomic E-state index is 12.5. The van der Waals surface area contributed by atoms with E-state index in [0.29, 0.717) is 41.7 Å². The highest BCUT2D eigenvalue weighted by Gasteiger charge is 2.31. The SMILES string of the molecule is O=C(c1cnc2c(c1)N(Cc1ccc(Cl)cc1)C(=O)CN2)N1CC(O)C1. The van der Waals surface area contributed by atoms with Crippen LogP contribution in [-0.4, -0.2) is 52.5 Å². The summed E-state index contributed by atoms with van der Waals surface area (Å²) in [4.78, 5) is 32.4. The minimum atomic E-state index is -0.464. The largest absolute Gasteiger partial charge is 0.389 e. The van der Waals surface area contributed by atoms with Crippen molar-refractivity contribution in [2.24, 2.45) is 0 Å². The van der Waals surface area contributed by atoms with Gasteiger partial charge < -0.3 is 20.2 Å². The summed E-state index contributed by atoms with van der Waals surface area (Å²) in [5.41, 5.74) is 1.90. The number of carbonyl (C=O) groups is 2. The quantitative estimate of drug-likeness (QED) is 0.853. The van der Waals surface area contributed by atoms with Gasteiger partial charge in [-0.2, -0.15) is 0 Å². The first-order valence-electron chi connectivity index (χ1n) is 8.27. The summed E-state index contributed by atoms with van der Waals surface area (Å²) in [5.74, 6) is 0.270. The molecule has 2 aliphatic rings. The minimum Gasteiger partial charge on any atom is -0.389 e. The Labute approximate surface area is 155 Å². The zero-order valence-electron chi connectivity index (χ0n) is 13.9. The fourth-order valence-electron chi connectivity index (χ4n) is 3.05.